The molecule has 142 valence electrons. The van der Waals surface area contributed by atoms with Crippen LogP contribution in [0, 0.1) is 32.1 Å². The van der Waals surface area contributed by atoms with Crippen LogP contribution in [0.2, 0.25) is 0 Å². The van der Waals surface area contributed by atoms with Crippen molar-refractivity contribution in [2.75, 3.05) is 10.6 Å². The molecule has 0 saturated heterocycles. The standard InChI is InChI=1S/C18H14N4O6/c1-10-15(17(23)19-11-2-6-13(7-3-11)21(25)26)16(10)18(24)20-12-4-8-14(9-5-12)22(27)28/h2-9,15-16H,1H2,(H,19,23)(H,20,24). The zero-order chi connectivity index (χ0) is 20.4. The van der Waals surface area contributed by atoms with Crippen molar-refractivity contribution in [3.05, 3.63) is 80.9 Å². The lowest BCUT2D eigenvalue weighted by Crippen LogP contribution is -2.20. The monoisotopic (exact) mass is 382 g/mol. The Morgan fingerprint density at radius 3 is 1.36 bits per heavy atom. The molecule has 2 atom stereocenters. The van der Waals surface area contributed by atoms with Crippen LogP contribution in [0.4, 0.5) is 22.7 Å². The van der Waals surface area contributed by atoms with Crippen molar-refractivity contribution >= 4 is 34.6 Å². The van der Waals surface area contributed by atoms with E-state index < -0.39 is 33.5 Å². The zero-order valence-corrected chi connectivity index (χ0v) is 14.3. The molecule has 2 amide bonds. The molecule has 3 rings (SSSR count). The van der Waals surface area contributed by atoms with E-state index in [4.69, 9.17) is 0 Å². The highest BCUT2D eigenvalue weighted by atomic mass is 16.6. The number of hydrogen-bond donors (Lipinski definition) is 2. The zero-order valence-electron chi connectivity index (χ0n) is 14.3. The number of benzene rings is 2. The second kappa shape index (κ2) is 7.27. The molecule has 2 aromatic carbocycles. The second-order valence-corrected chi connectivity index (χ2v) is 6.12. The third-order valence-corrected chi connectivity index (χ3v) is 4.28. The molecule has 2 aromatic rings. The molecule has 1 saturated carbocycles. The Balaban J connectivity index is 1.59. The highest BCUT2D eigenvalue weighted by Gasteiger charge is 2.52. The van der Waals surface area contributed by atoms with E-state index in [2.05, 4.69) is 17.2 Å². The van der Waals surface area contributed by atoms with Crippen LogP contribution in [-0.2, 0) is 9.59 Å². The van der Waals surface area contributed by atoms with Crippen LogP contribution in [0.3, 0.4) is 0 Å². The van der Waals surface area contributed by atoms with Gasteiger partial charge >= 0.3 is 0 Å². The number of amides is 2. The van der Waals surface area contributed by atoms with Crippen molar-refractivity contribution in [3.63, 3.8) is 0 Å². The summed E-state index contributed by atoms with van der Waals surface area (Å²) in [6.07, 6.45) is 0. The average molecular weight is 382 g/mol. The van der Waals surface area contributed by atoms with Gasteiger partial charge in [-0.3, -0.25) is 29.8 Å². The van der Waals surface area contributed by atoms with Crippen LogP contribution in [0.5, 0.6) is 0 Å². The average Bonchev–Trinajstić information content (AvgIpc) is 3.34. The van der Waals surface area contributed by atoms with Gasteiger partial charge in [-0.2, -0.15) is 0 Å². The minimum atomic E-state index is -0.715. The van der Waals surface area contributed by atoms with Crippen LogP contribution in [-0.4, -0.2) is 21.7 Å². The molecule has 0 heterocycles. The number of nitro groups is 2. The molecular weight excluding hydrogens is 368 g/mol. The molecule has 0 spiro atoms. The van der Waals surface area contributed by atoms with Crippen molar-refractivity contribution in [2.24, 2.45) is 11.8 Å². The van der Waals surface area contributed by atoms with Gasteiger partial charge in [0.1, 0.15) is 0 Å². The molecule has 1 aliphatic carbocycles. The van der Waals surface area contributed by atoms with Gasteiger partial charge in [0.05, 0.1) is 21.7 Å². The van der Waals surface area contributed by atoms with E-state index in [0.717, 1.165) is 0 Å². The summed E-state index contributed by atoms with van der Waals surface area (Å²) in [6.45, 7) is 3.73. The highest BCUT2D eigenvalue weighted by Crippen LogP contribution is 2.45. The molecular formula is C18H14N4O6. The van der Waals surface area contributed by atoms with Gasteiger partial charge in [-0.15, -0.1) is 0 Å². The molecule has 0 aliphatic heterocycles. The Labute approximate surface area is 158 Å². The maximum Gasteiger partial charge on any atom is 0.269 e. The largest absolute Gasteiger partial charge is 0.326 e. The van der Waals surface area contributed by atoms with E-state index in [1.54, 1.807) is 0 Å². The fraction of sp³-hybridized carbons (Fsp3) is 0.111. The maximum absolute atomic E-state index is 12.3. The fourth-order valence-corrected chi connectivity index (χ4v) is 2.73. The summed E-state index contributed by atoms with van der Waals surface area (Å²) in [5, 5.41) is 26.5. The van der Waals surface area contributed by atoms with Gasteiger partial charge in [0, 0.05) is 35.6 Å². The van der Waals surface area contributed by atoms with E-state index in [1.807, 2.05) is 0 Å². The van der Waals surface area contributed by atoms with Crippen LogP contribution in [0.1, 0.15) is 0 Å². The predicted molar refractivity (Wildman–Crippen MR) is 99.6 cm³/mol. The highest BCUT2D eigenvalue weighted by molar-refractivity contribution is 6.08. The van der Waals surface area contributed by atoms with E-state index in [0.29, 0.717) is 16.9 Å². The van der Waals surface area contributed by atoms with Crippen molar-refractivity contribution in [1.29, 1.82) is 0 Å². The Bertz CT molecular complexity index is 905. The molecule has 28 heavy (non-hydrogen) atoms. The first kappa shape index (κ1) is 18.7. The lowest BCUT2D eigenvalue weighted by atomic mass is 10.2. The predicted octanol–water partition coefficient (Wildman–Crippen LogP) is 2.88. The molecule has 1 aliphatic rings. The van der Waals surface area contributed by atoms with Gasteiger partial charge in [0.2, 0.25) is 11.8 Å². The molecule has 0 aromatic heterocycles. The first-order chi connectivity index (χ1) is 13.3. The Morgan fingerprint density at radius 1 is 0.750 bits per heavy atom. The number of anilines is 2. The quantitative estimate of drug-likeness (QED) is 0.446. The summed E-state index contributed by atoms with van der Waals surface area (Å²) in [5.74, 6) is -2.31. The van der Waals surface area contributed by atoms with Crippen molar-refractivity contribution < 1.29 is 19.4 Å². The Kier molecular flexibility index (Phi) is 4.86. The molecule has 1 fully saturated rings. The summed E-state index contributed by atoms with van der Waals surface area (Å²) >= 11 is 0. The normalized spacial score (nSPS) is 17.5. The van der Waals surface area contributed by atoms with Crippen LogP contribution < -0.4 is 10.6 Å². The van der Waals surface area contributed by atoms with Crippen LogP contribution in [0.25, 0.3) is 0 Å². The smallest absolute Gasteiger partial charge is 0.269 e. The third-order valence-electron chi connectivity index (χ3n) is 4.28. The summed E-state index contributed by atoms with van der Waals surface area (Å²) in [6, 6.07) is 10.6. The van der Waals surface area contributed by atoms with Crippen molar-refractivity contribution in [1.82, 2.24) is 0 Å². The molecule has 0 bridgehead atoms. The first-order valence-electron chi connectivity index (χ1n) is 8.07. The number of rotatable bonds is 6. The lowest BCUT2D eigenvalue weighted by Gasteiger charge is -2.05. The number of hydrogen-bond acceptors (Lipinski definition) is 6. The molecule has 0 radical (unpaired) electrons. The number of nitrogens with one attached hydrogen (secondary N) is 2. The topological polar surface area (TPSA) is 144 Å². The number of non-ortho nitro benzene ring substituents is 2. The van der Waals surface area contributed by atoms with Gasteiger partial charge in [0.25, 0.3) is 11.4 Å². The van der Waals surface area contributed by atoms with E-state index in [9.17, 15) is 29.8 Å². The van der Waals surface area contributed by atoms with Crippen LogP contribution >= 0.6 is 0 Å². The Hall–Kier alpha value is -4.08. The molecule has 2 unspecified atom stereocenters. The number of nitrogens with zero attached hydrogens (tertiary/aromatic N) is 2. The SMILES string of the molecule is C=C1C(C(=O)Nc2ccc([N+](=O)[O-])cc2)C1C(=O)Nc1ccc([N+](=O)[O-])cc1. The minimum Gasteiger partial charge on any atom is -0.326 e. The fourth-order valence-electron chi connectivity index (χ4n) is 2.73. The lowest BCUT2D eigenvalue weighted by molar-refractivity contribution is -0.385. The van der Waals surface area contributed by atoms with Crippen molar-refractivity contribution in [3.8, 4) is 0 Å². The summed E-state index contributed by atoms with van der Waals surface area (Å²) < 4.78 is 0. The molecule has 2 N–H and O–H groups in total. The van der Waals surface area contributed by atoms with E-state index in [1.165, 1.54) is 48.5 Å². The van der Waals surface area contributed by atoms with Gasteiger partial charge < -0.3 is 10.6 Å². The molecule has 10 heteroatoms. The summed E-state index contributed by atoms with van der Waals surface area (Å²) in [4.78, 5) is 44.9. The summed E-state index contributed by atoms with van der Waals surface area (Å²) in [5.41, 5.74) is 0.969. The minimum absolute atomic E-state index is 0.103. The van der Waals surface area contributed by atoms with Gasteiger partial charge in [-0.25, -0.2) is 0 Å². The van der Waals surface area contributed by atoms with E-state index >= 15 is 0 Å². The number of nitro benzene ring substituents is 2. The van der Waals surface area contributed by atoms with Crippen LogP contribution in [0.15, 0.2) is 60.7 Å². The summed E-state index contributed by atoms with van der Waals surface area (Å²) in [7, 11) is 0. The Morgan fingerprint density at radius 2 is 1.07 bits per heavy atom. The second-order valence-electron chi connectivity index (χ2n) is 6.12. The molecule has 10 nitrogen and oxygen atoms in total. The number of carbonyl (C=O) groups excluding carboxylic acids is 2. The van der Waals surface area contributed by atoms with Crippen molar-refractivity contribution in [2.45, 2.75) is 0 Å². The third kappa shape index (κ3) is 3.85. The maximum atomic E-state index is 12.3. The first-order valence-corrected chi connectivity index (χ1v) is 8.07. The van der Waals surface area contributed by atoms with Gasteiger partial charge in [-0.1, -0.05) is 12.2 Å². The van der Waals surface area contributed by atoms with Gasteiger partial charge in [0.15, 0.2) is 0 Å². The van der Waals surface area contributed by atoms with Gasteiger partial charge in [-0.05, 0) is 24.3 Å². The number of carbonyl (C=O) groups is 2. The van der Waals surface area contributed by atoms with E-state index in [-0.39, 0.29) is 11.4 Å².